The molecule has 1 nitrogen and oxygen atoms in total. The van der Waals surface area contributed by atoms with E-state index >= 15 is 0 Å². The number of halogens is 1. The van der Waals surface area contributed by atoms with Crippen molar-refractivity contribution in [1.29, 1.82) is 0 Å². The van der Waals surface area contributed by atoms with Crippen LogP contribution in [0.5, 0.6) is 0 Å². The molecule has 2 rings (SSSR count). The molecule has 2 aromatic rings. The maximum Gasteiger partial charge on any atom is 0.127 e. The van der Waals surface area contributed by atoms with Gasteiger partial charge in [0.05, 0.1) is 0 Å². The Morgan fingerprint density at radius 2 is 1.74 bits per heavy atom. The predicted molar refractivity (Wildman–Crippen MR) is 78.6 cm³/mol. The maximum atomic E-state index is 14.2. The Kier molecular flexibility index (Phi) is 4.01. The van der Waals surface area contributed by atoms with Crippen LogP contribution in [-0.2, 0) is 6.54 Å². The van der Waals surface area contributed by atoms with E-state index in [2.05, 4.69) is 6.07 Å². The number of benzene rings is 2. The zero-order valence-corrected chi connectivity index (χ0v) is 11.7. The highest BCUT2D eigenvalue weighted by atomic mass is 19.1. The molecule has 0 aliphatic carbocycles. The Morgan fingerprint density at radius 1 is 1.11 bits per heavy atom. The van der Waals surface area contributed by atoms with Crippen LogP contribution in [-0.4, -0.2) is 0 Å². The number of nitrogens with two attached hydrogens (primary N) is 1. The molecule has 0 fully saturated rings. The fraction of sp³-hybridized carbons (Fsp3) is 0.294. The van der Waals surface area contributed by atoms with E-state index in [0.717, 1.165) is 27.8 Å². The molecule has 100 valence electrons. The van der Waals surface area contributed by atoms with Crippen LogP contribution in [0.4, 0.5) is 4.39 Å². The molecule has 0 bridgehead atoms. The summed E-state index contributed by atoms with van der Waals surface area (Å²) in [6.07, 6.45) is 0. The lowest BCUT2D eigenvalue weighted by molar-refractivity contribution is 0.598. The average molecular weight is 257 g/mol. The monoisotopic (exact) mass is 257 g/mol. The first-order valence-electron chi connectivity index (χ1n) is 6.62. The van der Waals surface area contributed by atoms with Gasteiger partial charge in [-0.3, -0.25) is 0 Å². The molecular formula is C17H20FN. The van der Waals surface area contributed by atoms with Gasteiger partial charge in [-0.25, -0.2) is 4.39 Å². The molecule has 0 saturated heterocycles. The first kappa shape index (κ1) is 13.8. The molecule has 2 heteroatoms. The summed E-state index contributed by atoms with van der Waals surface area (Å²) in [7, 11) is 0. The minimum absolute atomic E-state index is 0.118. The van der Waals surface area contributed by atoms with Crippen molar-refractivity contribution >= 4 is 0 Å². The summed E-state index contributed by atoms with van der Waals surface area (Å²) in [4.78, 5) is 0. The van der Waals surface area contributed by atoms with E-state index in [1.807, 2.05) is 45.0 Å². The lowest BCUT2D eigenvalue weighted by Gasteiger charge is -2.15. The number of hydrogen-bond donors (Lipinski definition) is 1. The van der Waals surface area contributed by atoms with Crippen LogP contribution in [0, 0.1) is 12.7 Å². The van der Waals surface area contributed by atoms with Crippen molar-refractivity contribution in [3.8, 4) is 11.1 Å². The van der Waals surface area contributed by atoms with Gasteiger partial charge in [-0.05, 0) is 46.7 Å². The molecular weight excluding hydrogens is 237 g/mol. The van der Waals surface area contributed by atoms with Crippen molar-refractivity contribution in [2.24, 2.45) is 5.73 Å². The SMILES string of the molecule is Cc1cc(F)c(C(C)C)c(-c2ccc(CN)cc2)c1. The van der Waals surface area contributed by atoms with E-state index in [1.165, 1.54) is 0 Å². The Labute approximate surface area is 114 Å². The van der Waals surface area contributed by atoms with E-state index < -0.39 is 0 Å². The molecule has 0 aliphatic rings. The summed E-state index contributed by atoms with van der Waals surface area (Å²) >= 11 is 0. The Hall–Kier alpha value is -1.67. The van der Waals surface area contributed by atoms with Crippen molar-refractivity contribution < 1.29 is 4.39 Å². The highest BCUT2D eigenvalue weighted by Crippen LogP contribution is 2.32. The van der Waals surface area contributed by atoms with Crippen molar-refractivity contribution in [2.45, 2.75) is 33.2 Å². The topological polar surface area (TPSA) is 26.0 Å². The molecule has 0 spiro atoms. The summed E-state index contributed by atoms with van der Waals surface area (Å²) < 4.78 is 14.2. The van der Waals surface area contributed by atoms with Crippen LogP contribution in [0.15, 0.2) is 36.4 Å². The summed E-state index contributed by atoms with van der Waals surface area (Å²) in [5.74, 6) is 0.0395. The van der Waals surface area contributed by atoms with E-state index in [-0.39, 0.29) is 11.7 Å². The van der Waals surface area contributed by atoms with Crippen LogP contribution in [0.2, 0.25) is 0 Å². The first-order chi connectivity index (χ1) is 9.02. The second-order valence-electron chi connectivity index (χ2n) is 5.26. The minimum atomic E-state index is -0.118. The van der Waals surface area contributed by atoms with E-state index in [0.29, 0.717) is 6.54 Å². The summed E-state index contributed by atoms with van der Waals surface area (Å²) in [5.41, 5.74) is 10.4. The van der Waals surface area contributed by atoms with Crippen molar-refractivity contribution in [2.75, 3.05) is 0 Å². The van der Waals surface area contributed by atoms with Crippen molar-refractivity contribution in [3.05, 3.63) is 58.9 Å². The fourth-order valence-corrected chi connectivity index (χ4v) is 2.40. The van der Waals surface area contributed by atoms with E-state index in [9.17, 15) is 4.39 Å². The molecule has 0 unspecified atom stereocenters. The third-order valence-electron chi connectivity index (χ3n) is 3.35. The molecule has 2 N–H and O–H groups in total. The fourth-order valence-electron chi connectivity index (χ4n) is 2.40. The molecule has 0 aromatic heterocycles. The second kappa shape index (κ2) is 5.54. The smallest absolute Gasteiger partial charge is 0.127 e. The molecule has 0 amide bonds. The number of rotatable bonds is 3. The van der Waals surface area contributed by atoms with Gasteiger partial charge < -0.3 is 5.73 Å². The van der Waals surface area contributed by atoms with Crippen molar-refractivity contribution in [3.63, 3.8) is 0 Å². The zero-order chi connectivity index (χ0) is 14.0. The van der Waals surface area contributed by atoms with Crippen LogP contribution in [0.25, 0.3) is 11.1 Å². The predicted octanol–water partition coefficient (Wildman–Crippen LogP) is 4.38. The van der Waals surface area contributed by atoms with Crippen molar-refractivity contribution in [1.82, 2.24) is 0 Å². The van der Waals surface area contributed by atoms with Crippen LogP contribution >= 0.6 is 0 Å². The molecule has 2 aromatic carbocycles. The summed E-state index contributed by atoms with van der Waals surface area (Å²) in [6, 6.07) is 11.7. The standard InChI is InChI=1S/C17H20FN/c1-11(2)17-15(8-12(3)9-16(17)18)14-6-4-13(10-19)5-7-14/h4-9,11H,10,19H2,1-3H3. The normalized spacial score (nSPS) is 11.1. The third-order valence-corrected chi connectivity index (χ3v) is 3.35. The van der Waals surface area contributed by atoms with Gasteiger partial charge in [0, 0.05) is 6.54 Å². The summed E-state index contributed by atoms with van der Waals surface area (Å²) in [6.45, 7) is 6.49. The van der Waals surface area contributed by atoms with Crippen LogP contribution < -0.4 is 5.73 Å². The van der Waals surface area contributed by atoms with E-state index in [1.54, 1.807) is 6.07 Å². The molecule has 0 saturated carbocycles. The number of hydrogen-bond acceptors (Lipinski definition) is 1. The first-order valence-corrected chi connectivity index (χ1v) is 6.62. The highest BCUT2D eigenvalue weighted by molar-refractivity contribution is 5.69. The van der Waals surface area contributed by atoms with Crippen LogP contribution in [0.1, 0.15) is 36.5 Å². The Morgan fingerprint density at radius 3 is 2.26 bits per heavy atom. The van der Waals surface area contributed by atoms with Gasteiger partial charge in [-0.15, -0.1) is 0 Å². The average Bonchev–Trinajstić information content (AvgIpc) is 2.37. The third kappa shape index (κ3) is 2.85. The molecule has 19 heavy (non-hydrogen) atoms. The molecule has 0 radical (unpaired) electrons. The lowest BCUT2D eigenvalue weighted by Crippen LogP contribution is -1.99. The molecule has 0 atom stereocenters. The van der Waals surface area contributed by atoms with Gasteiger partial charge in [-0.2, -0.15) is 0 Å². The van der Waals surface area contributed by atoms with Gasteiger partial charge in [-0.1, -0.05) is 44.2 Å². The highest BCUT2D eigenvalue weighted by Gasteiger charge is 2.14. The zero-order valence-electron chi connectivity index (χ0n) is 11.7. The summed E-state index contributed by atoms with van der Waals surface area (Å²) in [5, 5.41) is 0. The van der Waals surface area contributed by atoms with Gasteiger partial charge in [0.25, 0.3) is 0 Å². The maximum absolute atomic E-state index is 14.2. The molecule has 0 heterocycles. The Bertz CT molecular complexity index is 571. The van der Waals surface area contributed by atoms with E-state index in [4.69, 9.17) is 5.73 Å². The van der Waals surface area contributed by atoms with Crippen LogP contribution in [0.3, 0.4) is 0 Å². The largest absolute Gasteiger partial charge is 0.326 e. The molecule has 0 aliphatic heterocycles. The lowest BCUT2D eigenvalue weighted by atomic mass is 9.90. The van der Waals surface area contributed by atoms with Gasteiger partial charge >= 0.3 is 0 Å². The van der Waals surface area contributed by atoms with Gasteiger partial charge in [0.15, 0.2) is 0 Å². The van der Waals surface area contributed by atoms with Gasteiger partial charge in [0.1, 0.15) is 5.82 Å². The Balaban J connectivity index is 2.59. The second-order valence-corrected chi connectivity index (χ2v) is 5.26. The minimum Gasteiger partial charge on any atom is -0.326 e. The van der Waals surface area contributed by atoms with Gasteiger partial charge in [0.2, 0.25) is 0 Å². The number of aryl methyl sites for hydroxylation is 1. The quantitative estimate of drug-likeness (QED) is 0.867.